The number of aryl methyl sites for hydroxylation is 1. The van der Waals surface area contributed by atoms with Crippen molar-refractivity contribution in [2.45, 2.75) is 19.9 Å². The minimum Gasteiger partial charge on any atom is -0.464 e. The van der Waals surface area contributed by atoms with Gasteiger partial charge in [-0.15, -0.1) is 0 Å². The van der Waals surface area contributed by atoms with Gasteiger partial charge in [0.1, 0.15) is 11.5 Å². The van der Waals surface area contributed by atoms with Gasteiger partial charge in [0.2, 0.25) is 0 Å². The number of anilines is 1. The van der Waals surface area contributed by atoms with Gasteiger partial charge in [-0.05, 0) is 38.1 Å². The molecule has 0 aliphatic carbocycles. The molecule has 18 heavy (non-hydrogen) atoms. The van der Waals surface area contributed by atoms with Crippen LogP contribution in [0.4, 0.5) is 18.9 Å². The Kier molecular flexibility index (Phi) is 3.32. The van der Waals surface area contributed by atoms with Crippen molar-refractivity contribution in [3.8, 4) is 0 Å². The number of hydrogen-bond donors (Lipinski definition) is 1. The first-order valence-electron chi connectivity index (χ1n) is 5.45. The smallest absolute Gasteiger partial charge is 0.196 e. The summed E-state index contributed by atoms with van der Waals surface area (Å²) in [5.41, 5.74) is -0.101. The molecule has 96 valence electrons. The lowest BCUT2D eigenvalue weighted by Gasteiger charge is -2.14. The van der Waals surface area contributed by atoms with Gasteiger partial charge in [0.15, 0.2) is 17.5 Å². The Hall–Kier alpha value is -1.91. The first-order chi connectivity index (χ1) is 8.49. The maximum atomic E-state index is 13.4. The SMILES string of the molecule is Cc1ccc(C(C)Nc2ccc(F)c(F)c2F)o1. The summed E-state index contributed by atoms with van der Waals surface area (Å²) in [7, 11) is 0. The molecule has 2 nitrogen and oxygen atoms in total. The lowest BCUT2D eigenvalue weighted by molar-refractivity contribution is 0.445. The molecule has 1 aromatic heterocycles. The van der Waals surface area contributed by atoms with Crippen molar-refractivity contribution >= 4 is 5.69 Å². The molecule has 1 atom stereocenters. The number of hydrogen-bond acceptors (Lipinski definition) is 2. The zero-order chi connectivity index (χ0) is 13.3. The largest absolute Gasteiger partial charge is 0.464 e. The Bertz CT molecular complexity index is 565. The van der Waals surface area contributed by atoms with E-state index < -0.39 is 17.5 Å². The zero-order valence-corrected chi connectivity index (χ0v) is 9.93. The minimum absolute atomic E-state index is 0.101. The van der Waals surface area contributed by atoms with Crippen molar-refractivity contribution in [2.24, 2.45) is 0 Å². The van der Waals surface area contributed by atoms with E-state index in [1.165, 1.54) is 0 Å². The number of furan rings is 1. The van der Waals surface area contributed by atoms with Crippen LogP contribution in [0.2, 0.25) is 0 Å². The third kappa shape index (κ3) is 2.34. The molecule has 1 heterocycles. The van der Waals surface area contributed by atoms with E-state index in [0.29, 0.717) is 5.76 Å². The fourth-order valence-electron chi connectivity index (χ4n) is 1.63. The topological polar surface area (TPSA) is 25.2 Å². The van der Waals surface area contributed by atoms with Gasteiger partial charge in [-0.25, -0.2) is 13.2 Å². The molecular formula is C13H12F3NO. The van der Waals surface area contributed by atoms with Crippen molar-refractivity contribution in [3.63, 3.8) is 0 Å². The Morgan fingerprint density at radius 3 is 2.39 bits per heavy atom. The highest BCUT2D eigenvalue weighted by molar-refractivity contribution is 5.46. The Labute approximate surface area is 102 Å². The lowest BCUT2D eigenvalue weighted by atomic mass is 10.2. The predicted octanol–water partition coefficient (Wildman–Crippen LogP) is 4.18. The Morgan fingerprint density at radius 1 is 1.06 bits per heavy atom. The second-order valence-corrected chi connectivity index (χ2v) is 4.04. The Balaban J connectivity index is 2.22. The summed E-state index contributed by atoms with van der Waals surface area (Å²) < 4.78 is 44.6. The maximum Gasteiger partial charge on any atom is 0.196 e. The maximum absolute atomic E-state index is 13.4. The summed E-state index contributed by atoms with van der Waals surface area (Å²) in [6.07, 6.45) is 0. The van der Waals surface area contributed by atoms with Crippen LogP contribution in [0.25, 0.3) is 0 Å². The van der Waals surface area contributed by atoms with Crippen molar-refractivity contribution in [1.29, 1.82) is 0 Å². The molecule has 0 bridgehead atoms. The van der Waals surface area contributed by atoms with Gasteiger partial charge in [0.05, 0.1) is 11.7 Å². The monoisotopic (exact) mass is 255 g/mol. The average molecular weight is 255 g/mol. The van der Waals surface area contributed by atoms with Crippen LogP contribution in [-0.4, -0.2) is 0 Å². The molecule has 5 heteroatoms. The van der Waals surface area contributed by atoms with Crippen LogP contribution in [0.3, 0.4) is 0 Å². The molecule has 0 radical (unpaired) electrons. The van der Waals surface area contributed by atoms with Crippen LogP contribution in [-0.2, 0) is 0 Å². The predicted molar refractivity (Wildman–Crippen MR) is 61.8 cm³/mol. The van der Waals surface area contributed by atoms with E-state index in [0.717, 1.165) is 17.9 Å². The standard InChI is InChI=1S/C13H12F3NO/c1-7-3-6-11(18-7)8(2)17-10-5-4-9(14)12(15)13(10)16/h3-6,8,17H,1-2H3. The van der Waals surface area contributed by atoms with Crippen LogP contribution in [0, 0.1) is 24.4 Å². The molecule has 2 rings (SSSR count). The molecule has 0 saturated carbocycles. The quantitative estimate of drug-likeness (QED) is 0.832. The summed E-state index contributed by atoms with van der Waals surface area (Å²) in [5, 5.41) is 2.73. The minimum atomic E-state index is -1.48. The fraction of sp³-hybridized carbons (Fsp3) is 0.231. The zero-order valence-electron chi connectivity index (χ0n) is 9.93. The van der Waals surface area contributed by atoms with E-state index in [1.54, 1.807) is 26.0 Å². The number of rotatable bonds is 3. The lowest BCUT2D eigenvalue weighted by Crippen LogP contribution is -2.08. The molecule has 0 fully saturated rings. The van der Waals surface area contributed by atoms with Crippen LogP contribution >= 0.6 is 0 Å². The number of benzene rings is 1. The van der Waals surface area contributed by atoms with Gasteiger partial charge < -0.3 is 9.73 Å². The highest BCUT2D eigenvalue weighted by atomic mass is 19.2. The fourth-order valence-corrected chi connectivity index (χ4v) is 1.63. The van der Waals surface area contributed by atoms with Gasteiger partial charge in [0.25, 0.3) is 0 Å². The molecule has 0 spiro atoms. The first kappa shape index (κ1) is 12.5. The Morgan fingerprint density at radius 2 is 1.78 bits per heavy atom. The van der Waals surface area contributed by atoms with Gasteiger partial charge >= 0.3 is 0 Å². The van der Waals surface area contributed by atoms with Crippen molar-refractivity contribution in [3.05, 3.63) is 53.2 Å². The molecule has 0 aliphatic heterocycles. The van der Waals surface area contributed by atoms with E-state index in [-0.39, 0.29) is 11.7 Å². The molecule has 0 aliphatic rings. The second-order valence-electron chi connectivity index (χ2n) is 4.04. The summed E-state index contributed by atoms with van der Waals surface area (Å²) in [5.74, 6) is -2.60. The molecule has 0 saturated heterocycles. The van der Waals surface area contributed by atoms with Gasteiger partial charge in [-0.1, -0.05) is 0 Å². The van der Waals surface area contributed by atoms with Gasteiger partial charge in [-0.2, -0.15) is 0 Å². The van der Waals surface area contributed by atoms with E-state index in [9.17, 15) is 13.2 Å². The highest BCUT2D eigenvalue weighted by Crippen LogP contribution is 2.25. The van der Waals surface area contributed by atoms with Crippen LogP contribution in [0.1, 0.15) is 24.5 Å². The molecular weight excluding hydrogens is 243 g/mol. The average Bonchev–Trinajstić information content (AvgIpc) is 2.77. The third-order valence-electron chi connectivity index (χ3n) is 2.60. The summed E-state index contributed by atoms with van der Waals surface area (Å²) >= 11 is 0. The molecule has 1 unspecified atom stereocenters. The van der Waals surface area contributed by atoms with Crippen molar-refractivity contribution in [2.75, 3.05) is 5.32 Å². The molecule has 1 aromatic carbocycles. The van der Waals surface area contributed by atoms with E-state index in [4.69, 9.17) is 4.42 Å². The number of halogens is 3. The van der Waals surface area contributed by atoms with Crippen molar-refractivity contribution in [1.82, 2.24) is 0 Å². The van der Waals surface area contributed by atoms with Crippen LogP contribution in [0.15, 0.2) is 28.7 Å². The molecule has 2 aromatic rings. The summed E-state index contributed by atoms with van der Waals surface area (Å²) in [6.45, 7) is 3.52. The van der Waals surface area contributed by atoms with Gasteiger partial charge in [0, 0.05) is 0 Å². The first-order valence-corrected chi connectivity index (χ1v) is 5.45. The van der Waals surface area contributed by atoms with Crippen LogP contribution in [0.5, 0.6) is 0 Å². The number of nitrogens with one attached hydrogen (secondary N) is 1. The van der Waals surface area contributed by atoms with E-state index in [2.05, 4.69) is 5.32 Å². The molecule has 0 amide bonds. The second kappa shape index (κ2) is 4.76. The van der Waals surface area contributed by atoms with Crippen LogP contribution < -0.4 is 5.32 Å². The van der Waals surface area contributed by atoms with Gasteiger partial charge in [-0.3, -0.25) is 0 Å². The van der Waals surface area contributed by atoms with E-state index >= 15 is 0 Å². The third-order valence-corrected chi connectivity index (χ3v) is 2.60. The normalized spacial score (nSPS) is 12.5. The van der Waals surface area contributed by atoms with E-state index in [1.807, 2.05) is 0 Å². The molecule has 1 N–H and O–H groups in total. The summed E-state index contributed by atoms with van der Waals surface area (Å²) in [6, 6.07) is 5.19. The van der Waals surface area contributed by atoms with Crippen molar-refractivity contribution < 1.29 is 17.6 Å². The highest BCUT2D eigenvalue weighted by Gasteiger charge is 2.16. The summed E-state index contributed by atoms with van der Waals surface area (Å²) in [4.78, 5) is 0.